The molecule has 94 valence electrons. The summed E-state index contributed by atoms with van der Waals surface area (Å²) >= 11 is 0. The standard InChI is InChI=1S/C14H17N3O/c1-16-8-3-2-7-13(16)14-15-9-11-5-4-6-12(10-18)17(11)14/h4-6,9-10,13H,2-3,7-8H2,1H3. The first-order chi connectivity index (χ1) is 8.81. The van der Waals surface area contributed by atoms with E-state index < -0.39 is 0 Å². The number of likely N-dealkylation sites (tertiary alicyclic amines) is 1. The molecule has 2 aromatic heterocycles. The summed E-state index contributed by atoms with van der Waals surface area (Å²) in [5, 5.41) is 0. The second-order valence-corrected chi connectivity index (χ2v) is 4.94. The number of rotatable bonds is 2. The number of nitrogens with zero attached hydrogens (tertiary/aromatic N) is 3. The van der Waals surface area contributed by atoms with Crippen molar-refractivity contribution in [3.05, 3.63) is 35.9 Å². The van der Waals surface area contributed by atoms with E-state index in [9.17, 15) is 4.79 Å². The van der Waals surface area contributed by atoms with Crippen LogP contribution >= 0.6 is 0 Å². The quantitative estimate of drug-likeness (QED) is 0.760. The van der Waals surface area contributed by atoms with Gasteiger partial charge in [-0.25, -0.2) is 4.98 Å². The van der Waals surface area contributed by atoms with Crippen LogP contribution in [0.1, 0.15) is 41.6 Å². The van der Waals surface area contributed by atoms with Gasteiger partial charge < -0.3 is 0 Å². The molecule has 4 heteroatoms. The van der Waals surface area contributed by atoms with E-state index in [-0.39, 0.29) is 0 Å². The van der Waals surface area contributed by atoms with E-state index in [4.69, 9.17) is 0 Å². The van der Waals surface area contributed by atoms with Gasteiger partial charge in [-0.3, -0.25) is 14.1 Å². The van der Waals surface area contributed by atoms with Crippen molar-refractivity contribution in [2.75, 3.05) is 13.6 Å². The van der Waals surface area contributed by atoms with Crippen molar-refractivity contribution in [2.45, 2.75) is 25.3 Å². The van der Waals surface area contributed by atoms with Crippen molar-refractivity contribution < 1.29 is 4.79 Å². The Morgan fingerprint density at radius 1 is 1.39 bits per heavy atom. The molecule has 1 fully saturated rings. The molecule has 0 saturated carbocycles. The summed E-state index contributed by atoms with van der Waals surface area (Å²) in [5.41, 5.74) is 1.67. The lowest BCUT2D eigenvalue weighted by Crippen LogP contribution is -2.31. The van der Waals surface area contributed by atoms with Crippen LogP contribution in [0.5, 0.6) is 0 Å². The summed E-state index contributed by atoms with van der Waals surface area (Å²) in [6.07, 6.45) is 6.35. The van der Waals surface area contributed by atoms with Gasteiger partial charge in [-0.15, -0.1) is 0 Å². The monoisotopic (exact) mass is 243 g/mol. The molecule has 3 rings (SSSR count). The molecule has 1 saturated heterocycles. The van der Waals surface area contributed by atoms with Gasteiger partial charge in [0.2, 0.25) is 0 Å². The fourth-order valence-corrected chi connectivity index (χ4v) is 2.83. The Balaban J connectivity index is 2.13. The maximum atomic E-state index is 11.2. The van der Waals surface area contributed by atoms with E-state index in [0.29, 0.717) is 11.7 Å². The Hall–Kier alpha value is -1.68. The van der Waals surface area contributed by atoms with Crippen LogP contribution < -0.4 is 0 Å². The van der Waals surface area contributed by atoms with Crippen LogP contribution in [0.15, 0.2) is 24.4 Å². The molecule has 0 aliphatic carbocycles. The first-order valence-electron chi connectivity index (χ1n) is 6.43. The highest BCUT2D eigenvalue weighted by molar-refractivity contribution is 5.74. The normalized spacial score (nSPS) is 21.3. The lowest BCUT2D eigenvalue weighted by molar-refractivity contribution is 0.111. The zero-order valence-electron chi connectivity index (χ0n) is 10.5. The smallest absolute Gasteiger partial charge is 0.166 e. The van der Waals surface area contributed by atoms with Crippen molar-refractivity contribution in [1.82, 2.24) is 14.3 Å². The summed E-state index contributed by atoms with van der Waals surface area (Å²) in [5.74, 6) is 0.995. The van der Waals surface area contributed by atoms with Gasteiger partial charge in [-0.2, -0.15) is 0 Å². The van der Waals surface area contributed by atoms with Crippen molar-refractivity contribution >= 4 is 11.8 Å². The molecule has 1 aliphatic heterocycles. The molecular formula is C14H17N3O. The minimum absolute atomic E-state index is 0.322. The van der Waals surface area contributed by atoms with E-state index >= 15 is 0 Å². The number of pyridine rings is 1. The van der Waals surface area contributed by atoms with Gasteiger partial charge in [0.15, 0.2) is 6.29 Å². The number of carbonyl (C=O) groups is 1. The SMILES string of the molecule is CN1CCCCC1c1ncc2cccc(C=O)n12. The van der Waals surface area contributed by atoms with Crippen molar-refractivity contribution in [3.8, 4) is 0 Å². The Kier molecular flexibility index (Phi) is 2.88. The molecule has 0 radical (unpaired) electrons. The minimum Gasteiger partial charge on any atom is -0.297 e. The highest BCUT2D eigenvalue weighted by atomic mass is 16.1. The van der Waals surface area contributed by atoms with Crippen LogP contribution in [0.3, 0.4) is 0 Å². The second kappa shape index (κ2) is 4.53. The Bertz CT molecular complexity index is 575. The van der Waals surface area contributed by atoms with Gasteiger partial charge in [0, 0.05) is 0 Å². The van der Waals surface area contributed by atoms with E-state index in [1.54, 1.807) is 0 Å². The van der Waals surface area contributed by atoms with Gasteiger partial charge in [0.25, 0.3) is 0 Å². The van der Waals surface area contributed by atoms with Gasteiger partial charge in [-0.05, 0) is 38.6 Å². The van der Waals surface area contributed by atoms with Gasteiger partial charge in [0.05, 0.1) is 23.4 Å². The number of imidazole rings is 1. The number of fused-ring (bicyclic) bond motifs is 1. The predicted molar refractivity (Wildman–Crippen MR) is 69.8 cm³/mol. The molecule has 1 unspecified atom stereocenters. The molecule has 0 bridgehead atoms. The minimum atomic E-state index is 0.322. The summed E-state index contributed by atoms with van der Waals surface area (Å²) < 4.78 is 1.99. The molecule has 18 heavy (non-hydrogen) atoms. The fourth-order valence-electron chi connectivity index (χ4n) is 2.83. The largest absolute Gasteiger partial charge is 0.297 e. The highest BCUT2D eigenvalue weighted by Crippen LogP contribution is 2.29. The topological polar surface area (TPSA) is 37.6 Å². The summed E-state index contributed by atoms with van der Waals surface area (Å²) in [6.45, 7) is 1.10. The van der Waals surface area contributed by atoms with Crippen LogP contribution in [0.4, 0.5) is 0 Å². The van der Waals surface area contributed by atoms with Crippen LogP contribution in [0.2, 0.25) is 0 Å². The van der Waals surface area contributed by atoms with E-state index in [1.165, 1.54) is 12.8 Å². The molecule has 0 spiro atoms. The van der Waals surface area contributed by atoms with E-state index in [1.807, 2.05) is 28.8 Å². The van der Waals surface area contributed by atoms with E-state index in [0.717, 1.165) is 30.6 Å². The number of piperidine rings is 1. The molecule has 3 heterocycles. The molecule has 1 atom stereocenters. The van der Waals surface area contributed by atoms with Crippen LogP contribution in [-0.2, 0) is 0 Å². The zero-order chi connectivity index (χ0) is 12.5. The number of aromatic nitrogens is 2. The fraction of sp³-hybridized carbons (Fsp3) is 0.429. The van der Waals surface area contributed by atoms with E-state index in [2.05, 4.69) is 16.9 Å². The highest BCUT2D eigenvalue weighted by Gasteiger charge is 2.25. The van der Waals surface area contributed by atoms with Crippen LogP contribution in [-0.4, -0.2) is 34.2 Å². The Morgan fingerprint density at radius 3 is 3.06 bits per heavy atom. The number of hydrogen-bond donors (Lipinski definition) is 0. The molecule has 2 aromatic rings. The lowest BCUT2D eigenvalue weighted by atomic mass is 10.0. The molecule has 4 nitrogen and oxygen atoms in total. The lowest BCUT2D eigenvalue weighted by Gasteiger charge is -2.31. The number of carbonyl (C=O) groups excluding carboxylic acids is 1. The summed E-state index contributed by atoms with van der Waals surface area (Å²) in [4.78, 5) is 18.0. The third-order valence-corrected chi connectivity index (χ3v) is 3.80. The van der Waals surface area contributed by atoms with Gasteiger partial charge >= 0.3 is 0 Å². The van der Waals surface area contributed by atoms with Crippen LogP contribution in [0.25, 0.3) is 5.52 Å². The summed E-state index contributed by atoms with van der Waals surface area (Å²) in [6, 6.07) is 6.05. The first kappa shape index (κ1) is 11.4. The zero-order valence-corrected chi connectivity index (χ0v) is 10.5. The third-order valence-electron chi connectivity index (χ3n) is 3.80. The van der Waals surface area contributed by atoms with Gasteiger partial charge in [0.1, 0.15) is 5.82 Å². The maximum absolute atomic E-state index is 11.2. The van der Waals surface area contributed by atoms with Crippen LogP contribution in [0, 0.1) is 0 Å². The molecule has 0 aromatic carbocycles. The van der Waals surface area contributed by atoms with Crippen molar-refractivity contribution in [2.24, 2.45) is 0 Å². The van der Waals surface area contributed by atoms with Crippen molar-refractivity contribution in [3.63, 3.8) is 0 Å². The number of hydrogen-bond acceptors (Lipinski definition) is 3. The first-order valence-corrected chi connectivity index (χ1v) is 6.43. The van der Waals surface area contributed by atoms with Gasteiger partial charge in [-0.1, -0.05) is 12.5 Å². The maximum Gasteiger partial charge on any atom is 0.166 e. The number of aldehydes is 1. The average molecular weight is 243 g/mol. The molecule has 0 amide bonds. The Morgan fingerprint density at radius 2 is 2.28 bits per heavy atom. The summed E-state index contributed by atoms with van der Waals surface area (Å²) in [7, 11) is 2.13. The second-order valence-electron chi connectivity index (χ2n) is 4.94. The third kappa shape index (κ3) is 1.73. The average Bonchev–Trinajstić information content (AvgIpc) is 2.83. The molecule has 0 N–H and O–H groups in total. The molecular weight excluding hydrogens is 226 g/mol. The predicted octanol–water partition coefficient (Wildman–Crippen LogP) is 2.30. The Labute approximate surface area is 106 Å². The molecule has 1 aliphatic rings. The van der Waals surface area contributed by atoms with Crippen molar-refractivity contribution in [1.29, 1.82) is 0 Å².